The smallest absolute Gasteiger partial charge is 0.201 e. The van der Waals surface area contributed by atoms with E-state index in [1.807, 2.05) is 13.0 Å². The van der Waals surface area contributed by atoms with Gasteiger partial charge in [0.05, 0.1) is 12.7 Å². The zero-order valence-corrected chi connectivity index (χ0v) is 18.3. The highest BCUT2D eigenvalue weighted by Gasteiger charge is 2.23. The third kappa shape index (κ3) is 4.68. The second-order valence-electron chi connectivity index (χ2n) is 8.41. The molecule has 0 radical (unpaired) electrons. The highest BCUT2D eigenvalue weighted by molar-refractivity contribution is 5.71. The quantitative estimate of drug-likeness (QED) is 0.391. The summed E-state index contributed by atoms with van der Waals surface area (Å²) in [4.78, 5) is 0. The van der Waals surface area contributed by atoms with E-state index < -0.39 is 11.6 Å². The average molecular weight is 441 g/mol. The van der Waals surface area contributed by atoms with Gasteiger partial charge in [0.15, 0.2) is 11.6 Å². The first kappa shape index (κ1) is 22.4. The zero-order chi connectivity index (χ0) is 22.7. The van der Waals surface area contributed by atoms with E-state index in [1.54, 1.807) is 30.3 Å². The summed E-state index contributed by atoms with van der Waals surface area (Å²) in [6.07, 6.45) is 2.34. The maximum Gasteiger partial charge on any atom is 0.201 e. The maximum atomic E-state index is 14.8. The molecular weight excluding hydrogens is 413 g/mol. The molecule has 1 fully saturated rings. The molecule has 0 saturated carbocycles. The minimum absolute atomic E-state index is 0.0864. The van der Waals surface area contributed by atoms with Crippen molar-refractivity contribution in [2.75, 3.05) is 13.2 Å². The molecule has 32 heavy (non-hydrogen) atoms. The Bertz CT molecular complexity index is 1070. The van der Waals surface area contributed by atoms with Crippen LogP contribution in [-0.2, 0) is 4.74 Å². The summed E-state index contributed by atoms with van der Waals surface area (Å²) in [5.41, 5.74) is 2.79. The van der Waals surface area contributed by atoms with E-state index in [2.05, 4.69) is 6.92 Å². The van der Waals surface area contributed by atoms with Crippen molar-refractivity contribution in [1.29, 1.82) is 0 Å². The van der Waals surface area contributed by atoms with Crippen LogP contribution in [0.1, 0.15) is 44.8 Å². The fourth-order valence-electron chi connectivity index (χ4n) is 4.02. The van der Waals surface area contributed by atoms with Crippen LogP contribution in [0.2, 0.25) is 0 Å². The van der Waals surface area contributed by atoms with Crippen molar-refractivity contribution in [1.82, 2.24) is 0 Å². The van der Waals surface area contributed by atoms with E-state index in [1.165, 1.54) is 18.2 Å². The van der Waals surface area contributed by atoms with Gasteiger partial charge in [0.2, 0.25) is 5.82 Å². The van der Waals surface area contributed by atoms with Crippen molar-refractivity contribution in [3.05, 3.63) is 77.6 Å². The Hall–Kier alpha value is -2.79. The summed E-state index contributed by atoms with van der Waals surface area (Å²) in [7, 11) is 0. The molecule has 2 nitrogen and oxygen atoms in total. The summed E-state index contributed by atoms with van der Waals surface area (Å²) in [6, 6.07) is 15.1. The Kier molecular flexibility index (Phi) is 6.85. The molecule has 0 aromatic heterocycles. The molecule has 5 heteroatoms. The van der Waals surface area contributed by atoms with Crippen molar-refractivity contribution in [2.45, 2.75) is 39.2 Å². The third-order valence-corrected chi connectivity index (χ3v) is 5.89. The zero-order valence-electron chi connectivity index (χ0n) is 18.3. The van der Waals surface area contributed by atoms with Crippen LogP contribution in [-0.4, -0.2) is 13.2 Å². The maximum absolute atomic E-state index is 14.8. The number of hydrogen-bond acceptors (Lipinski definition) is 2. The van der Waals surface area contributed by atoms with E-state index in [9.17, 15) is 13.2 Å². The first-order chi connectivity index (χ1) is 15.5. The van der Waals surface area contributed by atoms with Gasteiger partial charge in [0.25, 0.3) is 0 Å². The van der Waals surface area contributed by atoms with Crippen LogP contribution < -0.4 is 4.74 Å². The van der Waals surface area contributed by atoms with Crippen LogP contribution in [0.3, 0.4) is 0 Å². The minimum Gasteiger partial charge on any atom is -0.490 e. The molecule has 1 heterocycles. The molecule has 0 spiro atoms. The van der Waals surface area contributed by atoms with Crippen LogP contribution in [0.25, 0.3) is 22.3 Å². The molecule has 2 unspecified atom stereocenters. The van der Waals surface area contributed by atoms with Gasteiger partial charge in [0, 0.05) is 17.7 Å². The molecule has 168 valence electrons. The molecule has 2 atom stereocenters. The average Bonchev–Trinajstić information content (AvgIpc) is 2.81. The predicted molar refractivity (Wildman–Crippen MR) is 120 cm³/mol. The Morgan fingerprint density at radius 2 is 1.59 bits per heavy atom. The van der Waals surface area contributed by atoms with Crippen LogP contribution >= 0.6 is 0 Å². The monoisotopic (exact) mass is 440 g/mol. The Balaban J connectivity index is 1.54. The van der Waals surface area contributed by atoms with Gasteiger partial charge >= 0.3 is 0 Å². The number of rotatable bonds is 6. The molecule has 3 aromatic rings. The lowest BCUT2D eigenvalue weighted by Gasteiger charge is -2.27. The second kappa shape index (κ2) is 9.78. The normalized spacial score (nSPS) is 18.5. The van der Waals surface area contributed by atoms with Crippen LogP contribution in [0.5, 0.6) is 5.75 Å². The third-order valence-electron chi connectivity index (χ3n) is 5.89. The minimum atomic E-state index is -0.989. The van der Waals surface area contributed by atoms with Crippen LogP contribution in [0.15, 0.2) is 54.6 Å². The van der Waals surface area contributed by atoms with Gasteiger partial charge in [-0.3, -0.25) is 0 Å². The number of ether oxygens (including phenoxy) is 2. The largest absolute Gasteiger partial charge is 0.490 e. The molecule has 1 aliphatic heterocycles. The van der Waals surface area contributed by atoms with Crippen molar-refractivity contribution in [2.24, 2.45) is 5.92 Å². The Morgan fingerprint density at radius 3 is 2.25 bits per heavy atom. The lowest BCUT2D eigenvalue weighted by atomic mass is 9.94. The number of hydrogen-bond donors (Lipinski definition) is 0. The van der Waals surface area contributed by atoms with Crippen LogP contribution in [0, 0.1) is 23.4 Å². The number of halogens is 3. The highest BCUT2D eigenvalue weighted by atomic mass is 19.2. The van der Waals surface area contributed by atoms with Gasteiger partial charge < -0.3 is 9.47 Å². The van der Waals surface area contributed by atoms with E-state index in [0.29, 0.717) is 36.7 Å². The van der Waals surface area contributed by atoms with E-state index in [4.69, 9.17) is 9.47 Å². The predicted octanol–water partition coefficient (Wildman–Crippen LogP) is 7.71. The summed E-state index contributed by atoms with van der Waals surface area (Å²) >= 11 is 0. The van der Waals surface area contributed by atoms with Gasteiger partial charge in [-0.25, -0.2) is 8.78 Å². The van der Waals surface area contributed by atoms with Crippen molar-refractivity contribution < 1.29 is 22.6 Å². The van der Waals surface area contributed by atoms with Gasteiger partial charge in [-0.05, 0) is 60.1 Å². The van der Waals surface area contributed by atoms with Gasteiger partial charge in [0.1, 0.15) is 5.82 Å². The fourth-order valence-corrected chi connectivity index (χ4v) is 4.02. The highest BCUT2D eigenvalue weighted by Crippen LogP contribution is 2.35. The lowest BCUT2D eigenvalue weighted by molar-refractivity contribution is -0.0141. The molecule has 3 aromatic carbocycles. The Morgan fingerprint density at radius 1 is 0.875 bits per heavy atom. The standard InChI is InChI=1S/C27H27F3O2/c1-3-14-31-25-13-11-21(26(29)27(25)30)19-7-5-18(6-8-19)20-9-10-22(23(28)15-20)24-12-4-17(2)16-32-24/h5-11,13,15,17,24H,3-4,12,14,16H2,1-2H3. The fraction of sp³-hybridized carbons (Fsp3) is 0.333. The summed E-state index contributed by atoms with van der Waals surface area (Å²) in [5.74, 6) is -1.80. The molecule has 0 N–H and O–H groups in total. The molecular formula is C27H27F3O2. The Labute approximate surface area is 187 Å². The topological polar surface area (TPSA) is 18.5 Å². The van der Waals surface area contributed by atoms with Gasteiger partial charge in [-0.1, -0.05) is 50.2 Å². The summed E-state index contributed by atoms with van der Waals surface area (Å²) in [5, 5.41) is 0. The van der Waals surface area contributed by atoms with Crippen molar-refractivity contribution >= 4 is 0 Å². The summed E-state index contributed by atoms with van der Waals surface area (Å²) in [6.45, 7) is 5.00. The first-order valence-corrected chi connectivity index (χ1v) is 11.1. The van der Waals surface area contributed by atoms with Crippen molar-refractivity contribution in [3.8, 4) is 28.0 Å². The van der Waals surface area contributed by atoms with Gasteiger partial charge in [-0.15, -0.1) is 0 Å². The van der Waals surface area contributed by atoms with E-state index in [-0.39, 0.29) is 23.2 Å². The van der Waals surface area contributed by atoms with Crippen molar-refractivity contribution in [3.63, 3.8) is 0 Å². The molecule has 0 aliphatic carbocycles. The van der Waals surface area contributed by atoms with E-state index >= 15 is 0 Å². The van der Waals surface area contributed by atoms with Crippen LogP contribution in [0.4, 0.5) is 13.2 Å². The molecule has 0 amide bonds. The SMILES string of the molecule is CCCOc1ccc(-c2ccc(-c3ccc(C4CCC(C)CO4)c(F)c3)cc2)c(F)c1F. The van der Waals surface area contributed by atoms with E-state index in [0.717, 1.165) is 24.0 Å². The molecule has 1 saturated heterocycles. The first-order valence-electron chi connectivity index (χ1n) is 11.1. The number of benzene rings is 3. The molecule has 1 aliphatic rings. The second-order valence-corrected chi connectivity index (χ2v) is 8.41. The summed E-state index contributed by atoms with van der Waals surface area (Å²) < 4.78 is 54.8. The molecule has 4 rings (SSSR count). The lowest BCUT2D eigenvalue weighted by Crippen LogP contribution is -2.19. The van der Waals surface area contributed by atoms with Gasteiger partial charge in [-0.2, -0.15) is 4.39 Å². The molecule has 0 bridgehead atoms.